The largest absolute Gasteiger partial charge is 0.445 e. The van der Waals surface area contributed by atoms with E-state index in [1.807, 2.05) is 42.5 Å². The van der Waals surface area contributed by atoms with E-state index < -0.39 is 6.09 Å². The van der Waals surface area contributed by atoms with Crippen LogP contribution < -0.4 is 11.1 Å². The minimum absolute atomic E-state index is 0.257. The Kier molecular flexibility index (Phi) is 6.52. The number of benzene rings is 2. The van der Waals surface area contributed by atoms with Crippen molar-refractivity contribution in [1.29, 1.82) is 0 Å². The maximum absolute atomic E-state index is 11.5. The monoisotopic (exact) mass is 372 g/mol. The van der Waals surface area contributed by atoms with Gasteiger partial charge < -0.3 is 15.8 Å². The Morgan fingerprint density at radius 2 is 2.00 bits per heavy atom. The van der Waals surface area contributed by atoms with Gasteiger partial charge in [-0.1, -0.05) is 58.1 Å². The van der Waals surface area contributed by atoms with Crippen molar-refractivity contribution in [2.75, 3.05) is 12.3 Å². The van der Waals surface area contributed by atoms with Crippen LogP contribution in [0.1, 0.15) is 17.5 Å². The molecule has 0 fully saturated rings. The van der Waals surface area contributed by atoms with E-state index in [-0.39, 0.29) is 6.61 Å². The third kappa shape index (κ3) is 6.05. The van der Waals surface area contributed by atoms with E-state index in [1.165, 1.54) is 0 Å². The van der Waals surface area contributed by atoms with Crippen molar-refractivity contribution >= 4 is 27.7 Å². The Morgan fingerprint density at radius 3 is 2.78 bits per heavy atom. The van der Waals surface area contributed by atoms with Gasteiger partial charge in [-0.05, 0) is 23.8 Å². The Bertz CT molecular complexity index is 721. The molecule has 0 atom stereocenters. The first-order valence-corrected chi connectivity index (χ1v) is 7.93. The third-order valence-electron chi connectivity index (χ3n) is 2.97. The fourth-order valence-electron chi connectivity index (χ4n) is 1.80. The lowest BCUT2D eigenvalue weighted by Gasteiger charge is -2.05. The van der Waals surface area contributed by atoms with Gasteiger partial charge in [-0.2, -0.15) is 0 Å². The van der Waals surface area contributed by atoms with E-state index in [1.54, 1.807) is 6.07 Å². The molecule has 2 rings (SSSR count). The van der Waals surface area contributed by atoms with E-state index in [0.717, 1.165) is 15.6 Å². The topological polar surface area (TPSA) is 64.3 Å². The van der Waals surface area contributed by atoms with Crippen LogP contribution in [0.5, 0.6) is 0 Å². The molecular formula is C18H17BrN2O2. The maximum Gasteiger partial charge on any atom is 0.407 e. The van der Waals surface area contributed by atoms with Crippen molar-refractivity contribution in [1.82, 2.24) is 5.32 Å². The maximum atomic E-state index is 11.5. The second-order valence-corrected chi connectivity index (χ2v) is 5.69. The predicted molar refractivity (Wildman–Crippen MR) is 94.7 cm³/mol. The van der Waals surface area contributed by atoms with Crippen LogP contribution in [0.25, 0.3) is 0 Å². The summed E-state index contributed by atoms with van der Waals surface area (Å²) >= 11 is 3.38. The Morgan fingerprint density at radius 1 is 1.22 bits per heavy atom. The molecule has 3 N–H and O–H groups in total. The Hall–Kier alpha value is -2.45. The quantitative estimate of drug-likeness (QED) is 0.488. The van der Waals surface area contributed by atoms with Gasteiger partial charge in [0.25, 0.3) is 0 Å². The first-order valence-electron chi connectivity index (χ1n) is 7.13. The molecule has 0 aliphatic rings. The minimum Gasteiger partial charge on any atom is -0.445 e. The van der Waals surface area contributed by atoms with Crippen LogP contribution >= 0.6 is 15.9 Å². The summed E-state index contributed by atoms with van der Waals surface area (Å²) < 4.78 is 6.03. The second-order valence-electron chi connectivity index (χ2n) is 4.77. The number of alkyl carbamates (subject to hydrolysis) is 1. The number of hydrogen-bond acceptors (Lipinski definition) is 3. The van der Waals surface area contributed by atoms with E-state index in [9.17, 15) is 4.79 Å². The van der Waals surface area contributed by atoms with Crippen LogP contribution in [-0.4, -0.2) is 12.6 Å². The molecule has 0 unspecified atom stereocenters. The zero-order valence-corrected chi connectivity index (χ0v) is 14.1. The zero-order chi connectivity index (χ0) is 16.5. The summed E-state index contributed by atoms with van der Waals surface area (Å²) in [6.07, 6.45) is 0.0736. The Labute approximate surface area is 144 Å². The van der Waals surface area contributed by atoms with E-state index in [4.69, 9.17) is 10.5 Å². The highest BCUT2D eigenvalue weighted by atomic mass is 79.9. The van der Waals surface area contributed by atoms with Crippen LogP contribution in [0.15, 0.2) is 53.0 Å². The molecule has 2 aromatic carbocycles. The number of halogens is 1. The molecule has 2 aromatic rings. The number of hydrogen-bond donors (Lipinski definition) is 2. The number of anilines is 1. The molecule has 0 aliphatic heterocycles. The van der Waals surface area contributed by atoms with Crippen LogP contribution in [0, 0.1) is 11.8 Å². The fourth-order valence-corrected chi connectivity index (χ4v) is 2.16. The molecule has 0 heterocycles. The lowest BCUT2D eigenvalue weighted by atomic mass is 10.2. The smallest absolute Gasteiger partial charge is 0.407 e. The van der Waals surface area contributed by atoms with Gasteiger partial charge in [0.15, 0.2) is 0 Å². The van der Waals surface area contributed by atoms with Crippen LogP contribution in [0.3, 0.4) is 0 Å². The van der Waals surface area contributed by atoms with Crippen LogP contribution in [0.2, 0.25) is 0 Å². The number of nitrogens with one attached hydrogen (secondary N) is 1. The van der Waals surface area contributed by atoms with Gasteiger partial charge in [-0.3, -0.25) is 0 Å². The van der Waals surface area contributed by atoms with Crippen molar-refractivity contribution in [3.63, 3.8) is 0 Å². The average molecular weight is 373 g/mol. The molecule has 5 heteroatoms. The number of nitrogens with two attached hydrogens (primary N) is 1. The molecule has 0 saturated heterocycles. The number of carbonyl (C=O) groups is 1. The number of ether oxygens (including phenoxy) is 1. The van der Waals surface area contributed by atoms with Crippen LogP contribution in [-0.2, 0) is 11.3 Å². The second kappa shape index (κ2) is 8.86. The van der Waals surface area contributed by atoms with Crippen molar-refractivity contribution < 1.29 is 9.53 Å². The van der Waals surface area contributed by atoms with Gasteiger partial charge in [0, 0.05) is 28.7 Å². The first kappa shape index (κ1) is 16.9. The SMILES string of the molecule is Nc1ccc(Br)cc1C#CCCNC(=O)OCc1ccccc1. The van der Waals surface area contributed by atoms with Gasteiger partial charge in [-0.25, -0.2) is 4.79 Å². The van der Waals surface area contributed by atoms with Crippen molar-refractivity contribution in [3.8, 4) is 11.8 Å². The molecule has 4 nitrogen and oxygen atoms in total. The zero-order valence-electron chi connectivity index (χ0n) is 12.5. The van der Waals surface area contributed by atoms with Gasteiger partial charge in [0.05, 0.1) is 0 Å². The molecule has 0 saturated carbocycles. The summed E-state index contributed by atoms with van der Waals surface area (Å²) in [7, 11) is 0. The summed E-state index contributed by atoms with van der Waals surface area (Å²) in [6.45, 7) is 0.682. The van der Waals surface area contributed by atoms with Gasteiger partial charge in [-0.15, -0.1) is 0 Å². The van der Waals surface area contributed by atoms with Gasteiger partial charge in [0.2, 0.25) is 0 Å². The molecule has 0 bridgehead atoms. The van der Waals surface area contributed by atoms with E-state index in [2.05, 4.69) is 33.1 Å². The molecular weight excluding hydrogens is 356 g/mol. The first-order chi connectivity index (χ1) is 11.1. The van der Waals surface area contributed by atoms with Gasteiger partial charge >= 0.3 is 6.09 Å². The summed E-state index contributed by atoms with van der Waals surface area (Å²) in [5, 5.41) is 2.66. The number of nitrogen functional groups attached to an aromatic ring is 1. The predicted octanol–water partition coefficient (Wildman–Crippen LogP) is 3.70. The summed E-state index contributed by atoms with van der Waals surface area (Å²) in [5.41, 5.74) is 8.19. The normalized spacial score (nSPS) is 9.61. The number of carbonyl (C=O) groups excluding carboxylic acids is 1. The number of amides is 1. The van der Waals surface area contributed by atoms with E-state index in [0.29, 0.717) is 18.7 Å². The molecule has 0 aromatic heterocycles. The van der Waals surface area contributed by atoms with Crippen molar-refractivity contribution in [3.05, 3.63) is 64.1 Å². The fraction of sp³-hybridized carbons (Fsp3) is 0.167. The summed E-state index contributed by atoms with van der Waals surface area (Å²) in [5.74, 6) is 5.97. The highest BCUT2D eigenvalue weighted by molar-refractivity contribution is 9.10. The Balaban J connectivity index is 1.70. The third-order valence-corrected chi connectivity index (χ3v) is 3.46. The number of rotatable bonds is 4. The minimum atomic E-state index is -0.447. The highest BCUT2D eigenvalue weighted by Gasteiger charge is 2.01. The molecule has 0 aliphatic carbocycles. The average Bonchev–Trinajstić information content (AvgIpc) is 2.56. The molecule has 23 heavy (non-hydrogen) atoms. The molecule has 0 radical (unpaired) electrons. The van der Waals surface area contributed by atoms with E-state index >= 15 is 0 Å². The highest BCUT2D eigenvalue weighted by Crippen LogP contribution is 2.17. The molecule has 118 valence electrons. The molecule has 1 amide bonds. The van der Waals surface area contributed by atoms with Crippen molar-refractivity contribution in [2.45, 2.75) is 13.0 Å². The lowest BCUT2D eigenvalue weighted by Crippen LogP contribution is -2.24. The molecule has 0 spiro atoms. The summed E-state index contributed by atoms with van der Waals surface area (Å²) in [4.78, 5) is 11.5. The van der Waals surface area contributed by atoms with Crippen LogP contribution in [0.4, 0.5) is 10.5 Å². The lowest BCUT2D eigenvalue weighted by molar-refractivity contribution is 0.140. The summed E-state index contributed by atoms with van der Waals surface area (Å²) in [6, 6.07) is 15.1. The van der Waals surface area contributed by atoms with Gasteiger partial charge in [0.1, 0.15) is 6.61 Å². The van der Waals surface area contributed by atoms with Crippen molar-refractivity contribution in [2.24, 2.45) is 0 Å². The standard InChI is InChI=1S/C18H17BrN2O2/c19-16-9-10-17(20)15(12-16)8-4-5-11-21-18(22)23-13-14-6-2-1-3-7-14/h1-3,6-7,9-10,12H,5,11,13,20H2,(H,21,22).